The molecular weight excluding hydrogens is 298 g/mol. The molecule has 0 spiro atoms. The summed E-state index contributed by atoms with van der Waals surface area (Å²) in [6, 6.07) is -0.0587. The Morgan fingerprint density at radius 2 is 2.26 bits per heavy atom. The van der Waals surface area contributed by atoms with E-state index in [4.69, 9.17) is 4.74 Å². The molecule has 0 aromatic carbocycles. The quantitative estimate of drug-likeness (QED) is 0.803. The van der Waals surface area contributed by atoms with Crippen LogP contribution in [0.1, 0.15) is 32.0 Å². The molecule has 1 unspecified atom stereocenters. The minimum atomic E-state index is -0.0587. The summed E-state index contributed by atoms with van der Waals surface area (Å²) >= 11 is 0. The van der Waals surface area contributed by atoms with Gasteiger partial charge in [-0.1, -0.05) is 0 Å². The Kier molecular flexibility index (Phi) is 5.00. The lowest BCUT2D eigenvalue weighted by Gasteiger charge is -2.31. The smallest absolute Gasteiger partial charge is 0.345 e. The maximum Gasteiger partial charge on any atom is 0.345 e. The van der Waals surface area contributed by atoms with E-state index in [1.807, 2.05) is 6.92 Å². The Labute approximate surface area is 135 Å². The van der Waals surface area contributed by atoms with Crippen molar-refractivity contribution in [1.82, 2.24) is 24.6 Å². The Morgan fingerprint density at radius 1 is 1.39 bits per heavy atom. The predicted molar refractivity (Wildman–Crippen MR) is 84.4 cm³/mol. The summed E-state index contributed by atoms with van der Waals surface area (Å²) in [7, 11) is 0. The number of nitrogens with zero attached hydrogens (tertiary/aromatic N) is 4. The van der Waals surface area contributed by atoms with Gasteiger partial charge < -0.3 is 15.0 Å². The zero-order chi connectivity index (χ0) is 16.2. The third kappa shape index (κ3) is 3.74. The highest BCUT2D eigenvalue weighted by molar-refractivity contribution is 5.74. The van der Waals surface area contributed by atoms with Crippen molar-refractivity contribution in [3.63, 3.8) is 0 Å². The Balaban J connectivity index is 1.44. The maximum atomic E-state index is 12.2. The van der Waals surface area contributed by atoms with Crippen molar-refractivity contribution in [1.29, 1.82) is 0 Å². The molecule has 2 amide bonds. The van der Waals surface area contributed by atoms with Gasteiger partial charge in [0.1, 0.15) is 5.82 Å². The number of hydrogen-bond donors (Lipinski definition) is 1. The first-order valence-corrected chi connectivity index (χ1v) is 8.46. The number of carbonyl (C=O) groups is 1. The van der Waals surface area contributed by atoms with Crippen LogP contribution in [0.5, 0.6) is 0 Å². The van der Waals surface area contributed by atoms with E-state index in [-0.39, 0.29) is 17.8 Å². The zero-order valence-corrected chi connectivity index (χ0v) is 13.7. The number of aryl methyl sites for hydroxylation is 2. The van der Waals surface area contributed by atoms with E-state index >= 15 is 0 Å². The Morgan fingerprint density at radius 3 is 3.04 bits per heavy atom. The third-order valence-electron chi connectivity index (χ3n) is 4.38. The average molecular weight is 323 g/mol. The van der Waals surface area contributed by atoms with Crippen molar-refractivity contribution in [2.75, 3.05) is 26.2 Å². The van der Waals surface area contributed by atoms with Gasteiger partial charge in [-0.15, -0.1) is 0 Å². The Bertz CT molecular complexity index is 609. The van der Waals surface area contributed by atoms with Crippen LogP contribution in [0.25, 0.3) is 0 Å². The van der Waals surface area contributed by atoms with Crippen molar-refractivity contribution < 1.29 is 9.53 Å². The molecule has 128 valence electrons. The molecule has 3 rings (SSSR count). The van der Waals surface area contributed by atoms with Gasteiger partial charge in [-0.05, 0) is 26.2 Å². The predicted octanol–water partition coefficient (Wildman–Crippen LogP) is 0.202. The highest BCUT2D eigenvalue weighted by Gasteiger charge is 2.21. The summed E-state index contributed by atoms with van der Waals surface area (Å²) in [5, 5.41) is 7.30. The largest absolute Gasteiger partial charge is 0.375 e. The van der Waals surface area contributed by atoms with Crippen LogP contribution in [-0.4, -0.2) is 57.6 Å². The van der Waals surface area contributed by atoms with Gasteiger partial charge in [0, 0.05) is 39.1 Å². The lowest BCUT2D eigenvalue weighted by Crippen LogP contribution is -2.49. The highest BCUT2D eigenvalue weighted by Crippen LogP contribution is 2.09. The minimum Gasteiger partial charge on any atom is -0.375 e. The van der Waals surface area contributed by atoms with Gasteiger partial charge in [0.2, 0.25) is 0 Å². The molecule has 1 aromatic rings. The van der Waals surface area contributed by atoms with Crippen molar-refractivity contribution in [2.45, 2.75) is 51.8 Å². The molecule has 1 N–H and O–H groups in total. The van der Waals surface area contributed by atoms with Crippen molar-refractivity contribution in [3.8, 4) is 0 Å². The topological polar surface area (TPSA) is 81.4 Å². The molecule has 0 radical (unpaired) electrons. The molecule has 1 saturated heterocycles. The van der Waals surface area contributed by atoms with Crippen LogP contribution in [-0.2, 0) is 24.2 Å². The second-order valence-corrected chi connectivity index (χ2v) is 6.24. The normalized spacial score (nSPS) is 21.1. The van der Waals surface area contributed by atoms with Crippen molar-refractivity contribution in [3.05, 3.63) is 16.3 Å². The molecule has 8 heteroatoms. The summed E-state index contributed by atoms with van der Waals surface area (Å²) in [5.41, 5.74) is -0.0203. The van der Waals surface area contributed by atoms with Crippen LogP contribution in [0, 0.1) is 0 Å². The van der Waals surface area contributed by atoms with Gasteiger partial charge in [0.05, 0.1) is 12.7 Å². The first kappa shape index (κ1) is 16.0. The van der Waals surface area contributed by atoms with E-state index in [0.29, 0.717) is 39.2 Å². The first-order valence-electron chi connectivity index (χ1n) is 8.46. The second kappa shape index (κ2) is 7.16. The molecule has 0 aliphatic carbocycles. The summed E-state index contributed by atoms with van der Waals surface area (Å²) in [6.07, 6.45) is 3.82. The molecule has 0 bridgehead atoms. The van der Waals surface area contributed by atoms with E-state index in [9.17, 15) is 9.59 Å². The molecule has 1 atom stereocenters. The number of nitrogens with one attached hydrogen (secondary N) is 1. The number of carbonyl (C=O) groups excluding carboxylic acids is 1. The standard InChI is InChI=1S/C15H25N5O3/c1-12-11-18(9-10-23-12)14(21)16-6-4-8-20-15(22)19-7-3-2-5-13(19)17-20/h12H,2-11H2,1H3,(H,16,21). The van der Waals surface area contributed by atoms with E-state index in [2.05, 4.69) is 10.4 Å². The molecule has 2 aliphatic rings. The molecule has 8 nitrogen and oxygen atoms in total. The van der Waals surface area contributed by atoms with Gasteiger partial charge in [-0.25, -0.2) is 14.3 Å². The molecule has 2 aliphatic heterocycles. The molecular formula is C15H25N5O3. The van der Waals surface area contributed by atoms with Crippen LogP contribution in [0.15, 0.2) is 4.79 Å². The lowest BCUT2D eigenvalue weighted by atomic mass is 10.2. The third-order valence-corrected chi connectivity index (χ3v) is 4.38. The SMILES string of the molecule is CC1CN(C(=O)NCCCn2nc3n(c2=O)CCCC3)CCO1. The van der Waals surface area contributed by atoms with Gasteiger partial charge in [-0.2, -0.15) is 5.10 Å². The number of aromatic nitrogens is 3. The number of ether oxygens (including phenoxy) is 1. The second-order valence-electron chi connectivity index (χ2n) is 6.24. The summed E-state index contributed by atoms with van der Waals surface area (Å²) in [6.45, 7) is 5.66. The Hall–Kier alpha value is -1.83. The van der Waals surface area contributed by atoms with E-state index in [0.717, 1.165) is 31.6 Å². The monoisotopic (exact) mass is 323 g/mol. The van der Waals surface area contributed by atoms with Crippen molar-refractivity contribution >= 4 is 6.03 Å². The van der Waals surface area contributed by atoms with E-state index in [1.165, 1.54) is 4.68 Å². The van der Waals surface area contributed by atoms with Crippen LogP contribution < -0.4 is 11.0 Å². The van der Waals surface area contributed by atoms with Crippen LogP contribution in [0.2, 0.25) is 0 Å². The van der Waals surface area contributed by atoms with Gasteiger partial charge >= 0.3 is 11.7 Å². The fraction of sp³-hybridized carbons (Fsp3) is 0.800. The summed E-state index contributed by atoms with van der Waals surface area (Å²) in [5.74, 6) is 0.896. The number of rotatable bonds is 4. The maximum absolute atomic E-state index is 12.2. The minimum absolute atomic E-state index is 0.0203. The van der Waals surface area contributed by atoms with Crippen LogP contribution >= 0.6 is 0 Å². The van der Waals surface area contributed by atoms with Gasteiger partial charge in [0.15, 0.2) is 0 Å². The molecule has 1 aromatic heterocycles. The van der Waals surface area contributed by atoms with Crippen LogP contribution in [0.4, 0.5) is 4.79 Å². The number of urea groups is 1. The highest BCUT2D eigenvalue weighted by atomic mass is 16.5. The van der Waals surface area contributed by atoms with Gasteiger partial charge in [-0.3, -0.25) is 4.57 Å². The molecule has 0 saturated carbocycles. The number of amides is 2. The lowest BCUT2D eigenvalue weighted by molar-refractivity contribution is -0.00345. The molecule has 1 fully saturated rings. The molecule has 3 heterocycles. The number of fused-ring (bicyclic) bond motifs is 1. The average Bonchev–Trinajstić information content (AvgIpc) is 2.88. The van der Waals surface area contributed by atoms with Crippen LogP contribution in [0.3, 0.4) is 0 Å². The summed E-state index contributed by atoms with van der Waals surface area (Å²) in [4.78, 5) is 26.0. The van der Waals surface area contributed by atoms with Gasteiger partial charge in [0.25, 0.3) is 0 Å². The first-order chi connectivity index (χ1) is 11.1. The van der Waals surface area contributed by atoms with E-state index < -0.39 is 0 Å². The fourth-order valence-electron chi connectivity index (χ4n) is 3.13. The fourth-order valence-corrected chi connectivity index (χ4v) is 3.13. The number of hydrogen-bond acceptors (Lipinski definition) is 4. The van der Waals surface area contributed by atoms with Crippen molar-refractivity contribution in [2.24, 2.45) is 0 Å². The summed E-state index contributed by atoms with van der Waals surface area (Å²) < 4.78 is 8.73. The van der Waals surface area contributed by atoms with E-state index in [1.54, 1.807) is 9.47 Å². The number of morpholine rings is 1. The zero-order valence-electron chi connectivity index (χ0n) is 13.7. The molecule has 23 heavy (non-hydrogen) atoms.